The van der Waals surface area contributed by atoms with E-state index in [4.69, 9.17) is 5.11 Å². The largest absolute Gasteiger partial charge is 0.478 e. The molecule has 7 nitrogen and oxygen atoms in total. The molecule has 0 radical (unpaired) electrons. The number of benzene rings is 1. The number of piperidine rings is 1. The van der Waals surface area contributed by atoms with E-state index in [0.717, 1.165) is 12.8 Å². The van der Waals surface area contributed by atoms with Gasteiger partial charge < -0.3 is 10.0 Å². The maximum Gasteiger partial charge on any atom is 0.338 e. The zero-order chi connectivity index (χ0) is 18.5. The van der Waals surface area contributed by atoms with Crippen molar-refractivity contribution in [2.75, 3.05) is 13.1 Å². The smallest absolute Gasteiger partial charge is 0.338 e. The topological polar surface area (TPSA) is 92.5 Å². The molecule has 1 aliphatic rings. The van der Waals surface area contributed by atoms with Gasteiger partial charge in [0.25, 0.3) is 0 Å². The average molecular weight is 355 g/mol. The molecule has 1 saturated heterocycles. The lowest BCUT2D eigenvalue weighted by molar-refractivity contribution is -0.132. The van der Waals surface area contributed by atoms with E-state index < -0.39 is 5.97 Å². The van der Waals surface area contributed by atoms with E-state index >= 15 is 0 Å². The molecule has 7 heteroatoms. The highest BCUT2D eigenvalue weighted by molar-refractivity contribution is 5.97. The fraction of sp³-hybridized carbons (Fsp3) is 0.368. The Morgan fingerprint density at radius 2 is 1.73 bits per heavy atom. The van der Waals surface area contributed by atoms with Crippen LogP contribution in [0.3, 0.4) is 0 Å². The van der Waals surface area contributed by atoms with Crippen molar-refractivity contribution >= 4 is 17.7 Å². The van der Waals surface area contributed by atoms with Crippen LogP contribution in [0.1, 0.15) is 52.4 Å². The highest BCUT2D eigenvalue weighted by Crippen LogP contribution is 2.23. The first kappa shape index (κ1) is 17.8. The number of aromatic nitrogens is 2. The van der Waals surface area contributed by atoms with Crippen LogP contribution in [0.25, 0.3) is 0 Å². The summed E-state index contributed by atoms with van der Waals surface area (Å²) in [7, 11) is 0. The first-order valence-corrected chi connectivity index (χ1v) is 8.68. The number of amides is 1. The molecule has 136 valence electrons. The number of Topliss-reactive ketones (excluding diaryl/α,β-unsaturated/α-hetero) is 1. The summed E-state index contributed by atoms with van der Waals surface area (Å²) < 4.78 is 1.67. The van der Waals surface area contributed by atoms with Crippen molar-refractivity contribution < 1.29 is 19.5 Å². The predicted molar refractivity (Wildman–Crippen MR) is 94.0 cm³/mol. The van der Waals surface area contributed by atoms with Gasteiger partial charge in [0.1, 0.15) is 0 Å². The lowest BCUT2D eigenvalue weighted by Gasteiger charge is -2.32. The Balaban J connectivity index is 1.47. The molecule has 1 aliphatic heterocycles. The summed E-state index contributed by atoms with van der Waals surface area (Å²) in [4.78, 5) is 37.1. The molecule has 1 aromatic carbocycles. The van der Waals surface area contributed by atoms with E-state index in [1.807, 2.05) is 18.2 Å². The number of aromatic carboxylic acids is 1. The monoisotopic (exact) mass is 355 g/mol. The summed E-state index contributed by atoms with van der Waals surface area (Å²) in [5.74, 6) is -1.03. The maximum atomic E-state index is 12.3. The van der Waals surface area contributed by atoms with Crippen molar-refractivity contribution in [3.63, 3.8) is 0 Å². The summed E-state index contributed by atoms with van der Waals surface area (Å²) in [6.07, 6.45) is 4.74. The summed E-state index contributed by atoms with van der Waals surface area (Å²) in [5, 5.41) is 13.1. The van der Waals surface area contributed by atoms with Gasteiger partial charge in [0.15, 0.2) is 5.78 Å². The lowest BCUT2D eigenvalue weighted by atomic mass is 10.0. The second-order valence-corrected chi connectivity index (χ2v) is 6.42. The summed E-state index contributed by atoms with van der Waals surface area (Å²) in [5.41, 5.74) is 0.801. The second kappa shape index (κ2) is 7.95. The van der Waals surface area contributed by atoms with E-state index in [9.17, 15) is 14.4 Å². The molecule has 1 amide bonds. The highest BCUT2D eigenvalue weighted by atomic mass is 16.4. The molecular weight excluding hydrogens is 334 g/mol. The number of hydrogen-bond acceptors (Lipinski definition) is 4. The zero-order valence-electron chi connectivity index (χ0n) is 14.4. The third-order valence-electron chi connectivity index (χ3n) is 4.70. The molecule has 3 rings (SSSR count). The quantitative estimate of drug-likeness (QED) is 0.803. The molecule has 2 heterocycles. The van der Waals surface area contributed by atoms with Crippen LogP contribution in [-0.4, -0.2) is 50.5 Å². The SMILES string of the molecule is O=C(O)c1cnn(C2CCN(C(=O)CCC(=O)c3ccccc3)CC2)c1. The third-order valence-corrected chi connectivity index (χ3v) is 4.70. The molecule has 2 aromatic rings. The van der Waals surface area contributed by atoms with E-state index in [0.29, 0.717) is 18.7 Å². The minimum Gasteiger partial charge on any atom is -0.478 e. The number of ketones is 1. The van der Waals surface area contributed by atoms with Gasteiger partial charge >= 0.3 is 5.97 Å². The second-order valence-electron chi connectivity index (χ2n) is 6.42. The predicted octanol–water partition coefficient (Wildman–Crippen LogP) is 2.41. The third kappa shape index (κ3) is 4.17. The number of likely N-dealkylation sites (tertiary alicyclic amines) is 1. The molecular formula is C19H21N3O4. The van der Waals surface area contributed by atoms with E-state index in [2.05, 4.69) is 5.10 Å². The molecule has 0 saturated carbocycles. The lowest BCUT2D eigenvalue weighted by Crippen LogP contribution is -2.39. The molecule has 1 aromatic heterocycles. The van der Waals surface area contributed by atoms with Gasteiger partial charge in [-0.25, -0.2) is 4.79 Å². The first-order valence-electron chi connectivity index (χ1n) is 8.68. The Kier molecular flexibility index (Phi) is 5.46. The van der Waals surface area contributed by atoms with Gasteiger partial charge in [0, 0.05) is 37.7 Å². The number of rotatable bonds is 6. The van der Waals surface area contributed by atoms with Crippen molar-refractivity contribution in [1.82, 2.24) is 14.7 Å². The van der Waals surface area contributed by atoms with Crippen LogP contribution in [0.4, 0.5) is 0 Å². The first-order chi connectivity index (χ1) is 12.5. The Morgan fingerprint density at radius 1 is 1.04 bits per heavy atom. The molecule has 26 heavy (non-hydrogen) atoms. The van der Waals surface area contributed by atoms with Crippen LogP contribution in [0.5, 0.6) is 0 Å². The maximum absolute atomic E-state index is 12.3. The minimum atomic E-state index is -0.994. The van der Waals surface area contributed by atoms with Gasteiger partial charge in [0.05, 0.1) is 17.8 Å². The van der Waals surface area contributed by atoms with Crippen molar-refractivity contribution in [1.29, 1.82) is 0 Å². The number of nitrogens with zero attached hydrogens (tertiary/aromatic N) is 3. The molecule has 1 fully saturated rings. The molecule has 0 bridgehead atoms. The van der Waals surface area contributed by atoms with Gasteiger partial charge in [-0.15, -0.1) is 0 Å². The van der Waals surface area contributed by atoms with Crippen LogP contribution in [-0.2, 0) is 4.79 Å². The van der Waals surface area contributed by atoms with Crippen molar-refractivity contribution in [2.24, 2.45) is 0 Å². The summed E-state index contributed by atoms with van der Waals surface area (Å²) >= 11 is 0. The van der Waals surface area contributed by atoms with Gasteiger partial charge in [-0.05, 0) is 12.8 Å². The number of carboxylic acids is 1. The van der Waals surface area contributed by atoms with E-state index in [1.165, 1.54) is 12.4 Å². The van der Waals surface area contributed by atoms with Gasteiger partial charge in [-0.1, -0.05) is 30.3 Å². The number of carboxylic acid groups (broad SMARTS) is 1. The molecule has 1 N–H and O–H groups in total. The van der Waals surface area contributed by atoms with Gasteiger partial charge in [-0.2, -0.15) is 5.10 Å². The van der Waals surface area contributed by atoms with E-state index in [1.54, 1.807) is 21.7 Å². The zero-order valence-corrected chi connectivity index (χ0v) is 14.4. The van der Waals surface area contributed by atoms with Crippen LogP contribution in [0.15, 0.2) is 42.7 Å². The molecule has 0 atom stereocenters. The fourth-order valence-electron chi connectivity index (χ4n) is 3.17. The Morgan fingerprint density at radius 3 is 2.35 bits per heavy atom. The van der Waals surface area contributed by atoms with Gasteiger partial charge in [-0.3, -0.25) is 14.3 Å². The molecule has 0 aliphatic carbocycles. The van der Waals surface area contributed by atoms with Gasteiger partial charge in [0.2, 0.25) is 5.91 Å². The van der Waals surface area contributed by atoms with Crippen LogP contribution >= 0.6 is 0 Å². The average Bonchev–Trinajstić information content (AvgIpc) is 3.17. The Bertz CT molecular complexity index is 792. The van der Waals surface area contributed by atoms with E-state index in [-0.39, 0.29) is 36.1 Å². The Labute approximate surface area is 151 Å². The van der Waals surface area contributed by atoms with Crippen molar-refractivity contribution in [2.45, 2.75) is 31.7 Å². The fourth-order valence-corrected chi connectivity index (χ4v) is 3.17. The van der Waals surface area contributed by atoms with Crippen LogP contribution in [0.2, 0.25) is 0 Å². The normalized spacial score (nSPS) is 15.0. The summed E-state index contributed by atoms with van der Waals surface area (Å²) in [6.45, 7) is 1.18. The Hall–Kier alpha value is -2.96. The number of hydrogen-bond donors (Lipinski definition) is 1. The number of carbonyl (C=O) groups is 3. The highest BCUT2D eigenvalue weighted by Gasteiger charge is 2.25. The number of carbonyl (C=O) groups excluding carboxylic acids is 2. The molecule has 0 unspecified atom stereocenters. The van der Waals surface area contributed by atoms with Crippen molar-refractivity contribution in [3.05, 3.63) is 53.9 Å². The molecule has 0 spiro atoms. The van der Waals surface area contributed by atoms with Crippen LogP contribution < -0.4 is 0 Å². The minimum absolute atomic E-state index is 0.0144. The summed E-state index contributed by atoms with van der Waals surface area (Å²) in [6, 6.07) is 9.08. The van der Waals surface area contributed by atoms with Crippen molar-refractivity contribution in [3.8, 4) is 0 Å². The standard InChI is InChI=1S/C19H21N3O4/c23-17(14-4-2-1-3-5-14)6-7-18(24)21-10-8-16(9-11-21)22-13-15(12-20-22)19(25)26/h1-5,12-13,16H,6-11H2,(H,25,26). The van der Waals surface area contributed by atoms with Crippen LogP contribution in [0, 0.1) is 0 Å².